The Labute approximate surface area is 171 Å². The van der Waals surface area contributed by atoms with Crippen LogP contribution in [0, 0.1) is 0 Å². The Balaban J connectivity index is 2.03. The third-order valence-corrected chi connectivity index (χ3v) is 5.76. The zero-order valence-corrected chi connectivity index (χ0v) is 18.0. The van der Waals surface area contributed by atoms with Crippen LogP contribution in [0.4, 0.5) is 5.13 Å². The summed E-state index contributed by atoms with van der Waals surface area (Å²) in [7, 11) is 3.99. The number of rotatable bonds is 7. The van der Waals surface area contributed by atoms with Crippen LogP contribution in [0.3, 0.4) is 0 Å². The highest BCUT2D eigenvalue weighted by Gasteiger charge is 2.23. The van der Waals surface area contributed by atoms with Crippen molar-refractivity contribution < 1.29 is 9.53 Å². The van der Waals surface area contributed by atoms with E-state index in [1.165, 1.54) is 11.3 Å². The third kappa shape index (κ3) is 4.48. The van der Waals surface area contributed by atoms with Gasteiger partial charge in [0.15, 0.2) is 5.13 Å². The highest BCUT2D eigenvalue weighted by molar-refractivity contribution is 9.10. The summed E-state index contributed by atoms with van der Waals surface area (Å²) in [6.07, 6.45) is 0. The molecule has 0 bridgehead atoms. The quantitative estimate of drug-likeness (QED) is 0.527. The van der Waals surface area contributed by atoms with Gasteiger partial charge in [0.05, 0.1) is 16.9 Å². The molecule has 0 aliphatic carbocycles. The maximum absolute atomic E-state index is 13.3. The van der Waals surface area contributed by atoms with Crippen molar-refractivity contribution in [3.8, 4) is 5.75 Å². The number of carbonyl (C=O) groups excluding carboxylic acids is 1. The number of benzene rings is 2. The monoisotopic (exact) mass is 447 g/mol. The molecule has 5 nitrogen and oxygen atoms in total. The van der Waals surface area contributed by atoms with Gasteiger partial charge in [0.2, 0.25) is 0 Å². The van der Waals surface area contributed by atoms with Crippen molar-refractivity contribution in [2.45, 2.75) is 6.92 Å². The summed E-state index contributed by atoms with van der Waals surface area (Å²) in [6, 6.07) is 13.3. The van der Waals surface area contributed by atoms with Gasteiger partial charge in [0.1, 0.15) is 11.3 Å². The number of amides is 1. The minimum absolute atomic E-state index is 0.0682. The van der Waals surface area contributed by atoms with Crippen LogP contribution >= 0.6 is 27.3 Å². The summed E-state index contributed by atoms with van der Waals surface area (Å²) in [6.45, 7) is 3.82. The highest BCUT2D eigenvalue weighted by atomic mass is 79.9. The van der Waals surface area contributed by atoms with Gasteiger partial charge in [-0.3, -0.25) is 9.69 Å². The van der Waals surface area contributed by atoms with Crippen molar-refractivity contribution in [3.05, 3.63) is 52.5 Å². The topological polar surface area (TPSA) is 45.7 Å². The number of likely N-dealkylation sites (N-methyl/N-ethyl adjacent to an activating group) is 1. The lowest BCUT2D eigenvalue weighted by molar-refractivity contribution is 0.0984. The molecule has 1 amide bonds. The van der Waals surface area contributed by atoms with Crippen LogP contribution in [0.15, 0.2) is 46.9 Å². The molecule has 0 saturated heterocycles. The molecule has 1 aromatic heterocycles. The van der Waals surface area contributed by atoms with E-state index in [1.54, 1.807) is 4.90 Å². The zero-order chi connectivity index (χ0) is 19.4. The van der Waals surface area contributed by atoms with Crippen LogP contribution in [0.1, 0.15) is 17.3 Å². The lowest BCUT2D eigenvalue weighted by Gasteiger charge is -2.22. The second-order valence-corrected chi connectivity index (χ2v) is 8.14. The van der Waals surface area contributed by atoms with Crippen LogP contribution in [-0.4, -0.2) is 49.6 Å². The van der Waals surface area contributed by atoms with Crippen molar-refractivity contribution in [2.24, 2.45) is 0 Å². The van der Waals surface area contributed by atoms with Crippen molar-refractivity contribution in [1.82, 2.24) is 9.88 Å². The summed E-state index contributed by atoms with van der Waals surface area (Å²) in [5, 5.41) is 0.680. The molecule has 0 radical (unpaired) electrons. The normalized spacial score (nSPS) is 11.1. The highest BCUT2D eigenvalue weighted by Crippen LogP contribution is 2.35. The Hall–Kier alpha value is -1.96. The number of hydrogen-bond donors (Lipinski definition) is 0. The third-order valence-electron chi connectivity index (χ3n) is 4.02. The molecule has 1 heterocycles. The summed E-state index contributed by atoms with van der Waals surface area (Å²) in [4.78, 5) is 21.8. The average molecular weight is 448 g/mol. The largest absolute Gasteiger partial charge is 0.492 e. The second kappa shape index (κ2) is 8.82. The molecular weight excluding hydrogens is 426 g/mol. The fourth-order valence-electron chi connectivity index (χ4n) is 2.66. The van der Waals surface area contributed by atoms with Crippen LogP contribution in [0.25, 0.3) is 10.2 Å². The first-order valence-corrected chi connectivity index (χ1v) is 10.4. The van der Waals surface area contributed by atoms with Crippen LogP contribution in [0.2, 0.25) is 0 Å². The van der Waals surface area contributed by atoms with E-state index in [9.17, 15) is 4.79 Å². The Morgan fingerprint density at radius 1 is 1.15 bits per heavy atom. The number of hydrogen-bond acceptors (Lipinski definition) is 5. The molecular formula is C20H22BrN3O2S. The van der Waals surface area contributed by atoms with E-state index in [0.29, 0.717) is 23.8 Å². The number of halogens is 1. The number of fused-ring (bicyclic) bond motifs is 1. The summed E-state index contributed by atoms with van der Waals surface area (Å²) < 4.78 is 7.48. The van der Waals surface area contributed by atoms with Crippen molar-refractivity contribution >= 4 is 48.5 Å². The van der Waals surface area contributed by atoms with Gasteiger partial charge in [-0.25, -0.2) is 4.98 Å². The average Bonchev–Trinajstić information content (AvgIpc) is 3.07. The van der Waals surface area contributed by atoms with Crippen molar-refractivity contribution in [2.75, 3.05) is 38.7 Å². The Kier molecular flexibility index (Phi) is 6.46. The van der Waals surface area contributed by atoms with E-state index in [0.717, 1.165) is 27.0 Å². The molecule has 0 saturated carbocycles. The van der Waals surface area contributed by atoms with Gasteiger partial charge < -0.3 is 9.64 Å². The number of ether oxygens (including phenoxy) is 1. The minimum atomic E-state index is -0.0682. The van der Waals surface area contributed by atoms with E-state index in [2.05, 4.69) is 20.8 Å². The predicted octanol–water partition coefficient (Wildman–Crippen LogP) is 4.67. The van der Waals surface area contributed by atoms with Crippen molar-refractivity contribution in [1.29, 1.82) is 0 Å². The standard InChI is InChI=1S/C20H22BrN3O2S/c1-4-26-16-10-7-11-17-18(16)22-20(27-17)24(13-12-23(2)3)19(25)14-8-5-6-9-15(14)21/h5-11H,4,12-13H2,1-3H3. The lowest BCUT2D eigenvalue weighted by atomic mass is 10.2. The Morgan fingerprint density at radius 2 is 1.93 bits per heavy atom. The Morgan fingerprint density at radius 3 is 2.63 bits per heavy atom. The molecule has 27 heavy (non-hydrogen) atoms. The second-order valence-electron chi connectivity index (χ2n) is 6.27. The fraction of sp³-hybridized carbons (Fsp3) is 0.300. The lowest BCUT2D eigenvalue weighted by Crippen LogP contribution is -2.36. The van der Waals surface area contributed by atoms with E-state index >= 15 is 0 Å². The number of aromatic nitrogens is 1. The summed E-state index contributed by atoms with van der Waals surface area (Å²) in [5.41, 5.74) is 1.43. The van der Waals surface area contributed by atoms with Gasteiger partial charge in [0, 0.05) is 17.6 Å². The van der Waals surface area contributed by atoms with Crippen LogP contribution in [0.5, 0.6) is 5.75 Å². The molecule has 2 aromatic carbocycles. The first-order valence-electron chi connectivity index (χ1n) is 8.74. The molecule has 0 aliphatic heterocycles. The molecule has 0 unspecified atom stereocenters. The van der Waals surface area contributed by atoms with Crippen molar-refractivity contribution in [3.63, 3.8) is 0 Å². The molecule has 0 fully saturated rings. The maximum Gasteiger partial charge on any atom is 0.261 e. The molecule has 142 valence electrons. The summed E-state index contributed by atoms with van der Waals surface area (Å²) in [5.74, 6) is 0.680. The maximum atomic E-state index is 13.3. The molecule has 0 aliphatic rings. The SMILES string of the molecule is CCOc1cccc2sc(N(CCN(C)C)C(=O)c3ccccc3Br)nc12. The smallest absolute Gasteiger partial charge is 0.261 e. The van der Waals surface area contributed by atoms with E-state index < -0.39 is 0 Å². The van der Waals surface area contributed by atoms with Gasteiger partial charge in [-0.15, -0.1) is 0 Å². The molecule has 0 N–H and O–H groups in total. The molecule has 0 spiro atoms. The summed E-state index contributed by atoms with van der Waals surface area (Å²) >= 11 is 5.00. The van der Waals surface area contributed by atoms with E-state index in [1.807, 2.05) is 63.5 Å². The zero-order valence-electron chi connectivity index (χ0n) is 15.6. The number of nitrogens with zero attached hydrogens (tertiary/aromatic N) is 3. The number of para-hydroxylation sites is 1. The van der Waals surface area contributed by atoms with Crippen LogP contribution < -0.4 is 9.64 Å². The minimum Gasteiger partial charge on any atom is -0.492 e. The molecule has 7 heteroatoms. The van der Waals surface area contributed by atoms with Gasteiger partial charge in [0.25, 0.3) is 5.91 Å². The molecule has 0 atom stereocenters. The number of carbonyl (C=O) groups is 1. The van der Waals surface area contributed by atoms with Gasteiger partial charge in [-0.2, -0.15) is 0 Å². The first-order chi connectivity index (χ1) is 13.0. The first kappa shape index (κ1) is 19.8. The Bertz CT molecular complexity index is 942. The molecule has 3 aromatic rings. The number of thiazole rings is 1. The van der Waals surface area contributed by atoms with Crippen LogP contribution in [-0.2, 0) is 0 Å². The predicted molar refractivity (Wildman–Crippen MR) is 115 cm³/mol. The van der Waals surface area contributed by atoms with E-state index in [4.69, 9.17) is 9.72 Å². The fourth-order valence-corrected chi connectivity index (χ4v) is 4.13. The van der Waals surface area contributed by atoms with Gasteiger partial charge in [-0.05, 0) is 61.2 Å². The van der Waals surface area contributed by atoms with Gasteiger partial charge in [-0.1, -0.05) is 29.5 Å². The number of anilines is 1. The van der Waals surface area contributed by atoms with E-state index in [-0.39, 0.29) is 5.91 Å². The molecule has 3 rings (SSSR count). The van der Waals surface area contributed by atoms with Gasteiger partial charge >= 0.3 is 0 Å².